The minimum absolute atomic E-state index is 0.0603. The van der Waals surface area contributed by atoms with Crippen LogP contribution in [0.5, 0.6) is 0 Å². The Hall–Kier alpha value is -2.03. The van der Waals surface area contributed by atoms with Crippen LogP contribution in [0.3, 0.4) is 0 Å². The summed E-state index contributed by atoms with van der Waals surface area (Å²) >= 11 is 0. The third kappa shape index (κ3) is 12.6. The van der Waals surface area contributed by atoms with E-state index in [1.54, 1.807) is 48.5 Å². The van der Waals surface area contributed by atoms with Crippen molar-refractivity contribution in [2.75, 3.05) is 34.3 Å². The van der Waals surface area contributed by atoms with Gasteiger partial charge in [0.25, 0.3) is 0 Å². The van der Waals surface area contributed by atoms with Crippen molar-refractivity contribution in [2.45, 2.75) is 199 Å². The summed E-state index contributed by atoms with van der Waals surface area (Å²) in [6.07, 6.45) is -9.79. The second-order valence-corrected chi connectivity index (χ2v) is 18.9. The average molecular weight is 861 g/mol. The lowest BCUT2D eigenvalue weighted by Gasteiger charge is -2.49. The lowest BCUT2D eigenvalue weighted by atomic mass is 9.72. The van der Waals surface area contributed by atoms with E-state index in [-0.39, 0.29) is 38.0 Å². The predicted octanol–water partition coefficient (Wildman–Crippen LogP) is 2.76. The minimum Gasteiger partial charge on any atom is -0.459 e. The number of nitrogens with zero attached hydrogens (tertiary/aromatic N) is 2. The number of amides is 1. The largest absolute Gasteiger partial charge is 0.459 e. The summed E-state index contributed by atoms with van der Waals surface area (Å²) < 4.78 is 44.1. The Balaban J connectivity index is 2.11. The highest BCUT2D eigenvalue weighted by Crippen LogP contribution is 2.41. The Morgan fingerprint density at radius 2 is 1.62 bits per heavy atom. The zero-order valence-corrected chi connectivity index (χ0v) is 38.9. The van der Waals surface area contributed by atoms with Crippen LogP contribution < -0.4 is 11.1 Å². The van der Waals surface area contributed by atoms with Crippen molar-refractivity contribution in [1.82, 2.24) is 10.2 Å². The number of rotatable bonds is 11. The Morgan fingerprint density at radius 3 is 2.18 bits per heavy atom. The summed E-state index contributed by atoms with van der Waals surface area (Å²) in [4.78, 5) is 33.5. The number of likely N-dealkylation sites (N-methyl/N-ethyl adjacent to an activating group) is 1. The first-order chi connectivity index (χ1) is 27.7. The highest BCUT2D eigenvalue weighted by Gasteiger charge is 2.54. The molecule has 17 heteroatoms. The van der Waals surface area contributed by atoms with Gasteiger partial charge in [0.2, 0.25) is 0 Å². The molecule has 18 unspecified atom stereocenters. The maximum atomic E-state index is 14.3. The van der Waals surface area contributed by atoms with Crippen molar-refractivity contribution in [3.8, 4) is 0 Å². The topological polar surface area (TPSA) is 233 Å². The van der Waals surface area contributed by atoms with Crippen LogP contribution in [0.15, 0.2) is 4.99 Å². The number of carbonyl (C=O) groups excluding carboxylic acids is 2. The molecule has 17 nitrogen and oxygen atoms in total. The summed E-state index contributed by atoms with van der Waals surface area (Å²) in [5.74, 6) is -3.76. The molecule has 0 bridgehead atoms. The molecule has 3 rings (SSSR count). The van der Waals surface area contributed by atoms with Crippen LogP contribution in [0.2, 0.25) is 0 Å². The molecule has 7 N–H and O–H groups in total. The number of ether oxygens (including phenoxy) is 7. The number of aliphatic imine (C=N–C) groups is 1. The molecule has 19 atom stereocenters. The fraction of sp³-hybridized carbons (Fsp3) is 0.930. The van der Waals surface area contributed by atoms with Crippen LogP contribution in [-0.4, -0.2) is 168 Å². The Kier molecular flexibility index (Phi) is 18.8. The van der Waals surface area contributed by atoms with Gasteiger partial charge >= 0.3 is 12.1 Å². The standard InChI is InChI=1S/C43H80N4O13/c1-16-30-43(12,53)35(49)25(6)32(44)23(4)20-41(10,52)36(59-39-33(48)29(47(13)14)19-24(5)55-39)26(7)34(27(8)38(50)57-30)58-31-21-42(11,54-15)37(28(9)56-31)60-40(51)46-18-17-45-22(2)3/h23-37,39,48-49,52-53H,16-21,44H2,1-15H3,(H,46,51)/t23?,24?,25?,26?,27?,28?,29?,30-,31?,32?,33?,34?,35?,36?,37?,39?,41?,42?,43?/m1/s1. The maximum absolute atomic E-state index is 14.3. The molecule has 0 saturated carbocycles. The van der Waals surface area contributed by atoms with Crippen molar-refractivity contribution in [2.24, 2.45) is 34.4 Å². The molecular weight excluding hydrogens is 780 g/mol. The van der Waals surface area contributed by atoms with Crippen molar-refractivity contribution in [3.05, 3.63) is 0 Å². The predicted molar refractivity (Wildman–Crippen MR) is 225 cm³/mol. The maximum Gasteiger partial charge on any atom is 0.407 e. The average Bonchev–Trinajstić information content (AvgIpc) is 3.16. The van der Waals surface area contributed by atoms with E-state index in [1.807, 2.05) is 46.7 Å². The third-order valence-corrected chi connectivity index (χ3v) is 13.2. The number of cyclic esters (lactones) is 1. The summed E-state index contributed by atoms with van der Waals surface area (Å²) in [7, 11) is 5.23. The van der Waals surface area contributed by atoms with E-state index in [0.29, 0.717) is 13.0 Å². The normalized spacial score (nSPS) is 45.0. The molecule has 3 saturated heterocycles. The van der Waals surface area contributed by atoms with Gasteiger partial charge < -0.3 is 69.5 Å². The number of hydrogen-bond acceptors (Lipinski definition) is 16. The first-order valence-corrected chi connectivity index (χ1v) is 21.7. The second kappa shape index (κ2) is 21.6. The van der Waals surface area contributed by atoms with E-state index in [0.717, 1.165) is 5.71 Å². The molecule has 60 heavy (non-hydrogen) atoms. The molecule has 3 fully saturated rings. The molecule has 3 aliphatic rings. The van der Waals surface area contributed by atoms with Gasteiger partial charge in [-0.05, 0) is 94.7 Å². The SMILES string of the molecule is CC[C@H]1OC(=O)C(C)C(OC2CC(C)(OC)C(OC(=O)NCCN=C(C)C)C(C)O2)C(C)C(OC2OC(C)CC(N(C)C)C2O)C(C)(O)CC(C)C(N)C(C)C(O)C1(C)O. The number of nitrogens with two attached hydrogens (primary N) is 1. The summed E-state index contributed by atoms with van der Waals surface area (Å²) in [5, 5.41) is 50.3. The van der Waals surface area contributed by atoms with Gasteiger partial charge in [0.1, 0.15) is 23.4 Å². The van der Waals surface area contributed by atoms with Gasteiger partial charge in [-0.2, -0.15) is 0 Å². The molecule has 3 aliphatic heterocycles. The zero-order valence-electron chi connectivity index (χ0n) is 38.9. The van der Waals surface area contributed by atoms with Crippen molar-refractivity contribution in [1.29, 1.82) is 0 Å². The van der Waals surface area contributed by atoms with Gasteiger partial charge in [0.15, 0.2) is 18.7 Å². The fourth-order valence-electron chi connectivity index (χ4n) is 9.43. The quantitative estimate of drug-likeness (QED) is 0.0997. The van der Waals surface area contributed by atoms with E-state index in [1.165, 1.54) is 14.0 Å². The summed E-state index contributed by atoms with van der Waals surface area (Å²) in [6, 6.07) is -1.04. The van der Waals surface area contributed by atoms with E-state index >= 15 is 0 Å². The van der Waals surface area contributed by atoms with Crippen molar-refractivity contribution >= 4 is 17.8 Å². The molecule has 1 amide bonds. The molecule has 350 valence electrons. The van der Waals surface area contributed by atoms with Crippen LogP contribution in [0.1, 0.15) is 109 Å². The van der Waals surface area contributed by atoms with Crippen LogP contribution in [0.25, 0.3) is 0 Å². The Bertz CT molecular complexity index is 1410. The Labute approximate surface area is 358 Å². The fourth-order valence-corrected chi connectivity index (χ4v) is 9.43. The first kappa shape index (κ1) is 52.3. The summed E-state index contributed by atoms with van der Waals surface area (Å²) in [5.41, 5.74) is 2.98. The van der Waals surface area contributed by atoms with Crippen LogP contribution in [0.4, 0.5) is 4.79 Å². The highest BCUT2D eigenvalue weighted by molar-refractivity contribution is 5.79. The number of hydrogen-bond donors (Lipinski definition) is 6. The van der Waals surface area contributed by atoms with Crippen LogP contribution in [0, 0.1) is 23.7 Å². The van der Waals surface area contributed by atoms with Gasteiger partial charge in [-0.3, -0.25) is 9.79 Å². The molecule has 0 aliphatic carbocycles. The number of carbonyl (C=O) groups is 2. The smallest absolute Gasteiger partial charge is 0.407 e. The van der Waals surface area contributed by atoms with Crippen LogP contribution in [-0.2, 0) is 38.0 Å². The third-order valence-electron chi connectivity index (χ3n) is 13.2. The van der Waals surface area contributed by atoms with E-state index in [9.17, 15) is 30.0 Å². The van der Waals surface area contributed by atoms with Gasteiger partial charge in [-0.1, -0.05) is 27.7 Å². The van der Waals surface area contributed by atoms with E-state index in [2.05, 4.69) is 10.3 Å². The molecule has 0 aromatic carbocycles. The Morgan fingerprint density at radius 1 is 0.983 bits per heavy atom. The monoisotopic (exact) mass is 861 g/mol. The van der Waals surface area contributed by atoms with Crippen molar-refractivity contribution < 1.29 is 63.2 Å². The highest BCUT2D eigenvalue weighted by atomic mass is 16.7. The lowest BCUT2D eigenvalue weighted by Crippen LogP contribution is -2.62. The van der Waals surface area contributed by atoms with E-state index < -0.39 is 114 Å². The van der Waals surface area contributed by atoms with Gasteiger partial charge in [0.05, 0.1) is 48.6 Å². The number of esters is 1. The first-order valence-electron chi connectivity index (χ1n) is 21.7. The number of methoxy groups -OCH3 is 1. The van der Waals surface area contributed by atoms with Gasteiger partial charge in [0, 0.05) is 49.7 Å². The van der Waals surface area contributed by atoms with E-state index in [4.69, 9.17) is 38.9 Å². The molecule has 0 spiro atoms. The molecule has 0 aromatic rings. The number of alkyl carbamates (subject to hydrolysis) is 1. The summed E-state index contributed by atoms with van der Waals surface area (Å²) in [6.45, 7) is 21.6. The molecule has 0 aromatic heterocycles. The molecule has 3 heterocycles. The zero-order chi connectivity index (χ0) is 45.7. The van der Waals surface area contributed by atoms with Gasteiger partial charge in [-0.25, -0.2) is 4.79 Å². The second-order valence-electron chi connectivity index (χ2n) is 18.9. The van der Waals surface area contributed by atoms with Crippen molar-refractivity contribution in [3.63, 3.8) is 0 Å². The van der Waals surface area contributed by atoms with Crippen LogP contribution >= 0.6 is 0 Å². The lowest BCUT2D eigenvalue weighted by molar-refractivity contribution is -0.318. The number of aliphatic hydroxyl groups excluding tert-OH is 2. The van der Waals surface area contributed by atoms with Gasteiger partial charge in [-0.15, -0.1) is 0 Å². The molecular formula is C43H80N4O13. The minimum atomic E-state index is -1.89. The molecule has 0 radical (unpaired) electrons. The number of nitrogens with one attached hydrogen (secondary N) is 1. The number of aliphatic hydroxyl groups is 4.